The van der Waals surface area contributed by atoms with Gasteiger partial charge in [-0.3, -0.25) is 24.6 Å². The minimum absolute atomic E-state index is 0.225. The lowest BCUT2D eigenvalue weighted by atomic mass is 10.1. The van der Waals surface area contributed by atoms with Gasteiger partial charge in [-0.15, -0.1) is 0 Å². The number of amides is 2. The molecule has 184 valence electrons. The second-order valence-corrected chi connectivity index (χ2v) is 9.08. The molecule has 2 aromatic heterocycles. The van der Waals surface area contributed by atoms with Crippen molar-refractivity contribution in [3.63, 3.8) is 0 Å². The number of aromatic amines is 1. The van der Waals surface area contributed by atoms with Crippen molar-refractivity contribution in [3.05, 3.63) is 84.4 Å². The molecule has 0 bridgehead atoms. The average molecular weight is 483 g/mol. The Bertz CT molecular complexity index is 1310. The lowest BCUT2D eigenvalue weighted by Crippen LogP contribution is -2.35. The van der Waals surface area contributed by atoms with E-state index >= 15 is 0 Å². The Morgan fingerprint density at radius 3 is 2.58 bits per heavy atom. The number of aryl methyl sites for hydroxylation is 1. The molecule has 1 fully saturated rings. The number of para-hydroxylation sites is 1. The molecule has 4 aromatic rings. The third kappa shape index (κ3) is 5.54. The minimum Gasteiger partial charge on any atom is -0.343 e. The molecular formula is C28H30N6O2. The van der Waals surface area contributed by atoms with Gasteiger partial charge in [-0.2, -0.15) is 5.10 Å². The molecule has 0 unspecified atom stereocenters. The van der Waals surface area contributed by atoms with Crippen LogP contribution in [0.15, 0.2) is 73.2 Å². The van der Waals surface area contributed by atoms with Crippen molar-refractivity contribution in [1.82, 2.24) is 24.6 Å². The first-order chi connectivity index (χ1) is 17.7. The molecule has 8 nitrogen and oxygen atoms in total. The molecule has 0 saturated carbocycles. The monoisotopic (exact) mass is 482 g/mol. The van der Waals surface area contributed by atoms with Gasteiger partial charge in [-0.05, 0) is 61.9 Å². The summed E-state index contributed by atoms with van der Waals surface area (Å²) in [6, 6.07) is 17.2. The number of nitrogens with one attached hydrogen (secondary N) is 2. The van der Waals surface area contributed by atoms with Crippen LogP contribution < -0.4 is 5.32 Å². The zero-order valence-electron chi connectivity index (χ0n) is 20.2. The van der Waals surface area contributed by atoms with Gasteiger partial charge < -0.3 is 4.90 Å². The zero-order chi connectivity index (χ0) is 24.7. The van der Waals surface area contributed by atoms with E-state index in [1.807, 2.05) is 64.2 Å². The fraction of sp³-hybridized carbons (Fsp3) is 0.286. The van der Waals surface area contributed by atoms with Crippen LogP contribution >= 0.6 is 0 Å². The molecule has 0 aliphatic carbocycles. The highest BCUT2D eigenvalue weighted by atomic mass is 16.2. The van der Waals surface area contributed by atoms with Gasteiger partial charge in [0.25, 0.3) is 5.91 Å². The lowest BCUT2D eigenvalue weighted by molar-refractivity contribution is -0.132. The average Bonchev–Trinajstić information content (AvgIpc) is 3.60. The number of hydrogen-bond donors (Lipinski definition) is 2. The van der Waals surface area contributed by atoms with Crippen LogP contribution in [0.4, 0.5) is 5.95 Å². The van der Waals surface area contributed by atoms with E-state index in [1.165, 1.54) is 6.42 Å². The molecule has 0 radical (unpaired) electrons. The summed E-state index contributed by atoms with van der Waals surface area (Å²) in [5.74, 6) is 0.440. The summed E-state index contributed by atoms with van der Waals surface area (Å²) in [7, 11) is 0. The number of hydrogen-bond acceptors (Lipinski definition) is 4. The van der Waals surface area contributed by atoms with Gasteiger partial charge in [0, 0.05) is 48.7 Å². The summed E-state index contributed by atoms with van der Waals surface area (Å²) in [6.45, 7) is 1.75. The fourth-order valence-electron chi connectivity index (χ4n) is 4.57. The number of imidazole rings is 1. The number of rotatable bonds is 8. The molecule has 0 spiro atoms. The Morgan fingerprint density at radius 1 is 0.972 bits per heavy atom. The van der Waals surface area contributed by atoms with Gasteiger partial charge >= 0.3 is 0 Å². The van der Waals surface area contributed by atoms with E-state index < -0.39 is 0 Å². The molecule has 0 atom stereocenters. The molecule has 1 aliphatic heterocycles. The second kappa shape index (κ2) is 11.0. The zero-order valence-corrected chi connectivity index (χ0v) is 20.2. The van der Waals surface area contributed by atoms with Crippen LogP contribution in [0.3, 0.4) is 0 Å². The molecule has 2 amide bonds. The van der Waals surface area contributed by atoms with E-state index in [9.17, 15) is 9.59 Å². The first-order valence-corrected chi connectivity index (χ1v) is 12.5. The Morgan fingerprint density at radius 2 is 1.81 bits per heavy atom. The van der Waals surface area contributed by atoms with Crippen molar-refractivity contribution < 1.29 is 9.59 Å². The van der Waals surface area contributed by atoms with Crippen molar-refractivity contribution in [3.8, 4) is 16.8 Å². The van der Waals surface area contributed by atoms with Crippen LogP contribution in [0.1, 0.15) is 48.2 Å². The van der Waals surface area contributed by atoms with E-state index in [0.29, 0.717) is 24.4 Å². The van der Waals surface area contributed by atoms with Crippen LogP contribution in [0.25, 0.3) is 16.8 Å². The normalized spacial score (nSPS) is 13.5. The summed E-state index contributed by atoms with van der Waals surface area (Å²) < 4.78 is 1.89. The highest BCUT2D eigenvalue weighted by Crippen LogP contribution is 2.22. The molecule has 8 heteroatoms. The van der Waals surface area contributed by atoms with Crippen LogP contribution in [0.5, 0.6) is 0 Å². The van der Waals surface area contributed by atoms with Crippen molar-refractivity contribution >= 4 is 17.8 Å². The standard InChI is InChI=1S/C28H30N6O2/c35-26(33-15-5-2-6-16-33)14-8-11-24-20-34(25-12-3-1-4-13-25)28(31-24)32-27(36)22-10-7-9-21(17-22)23-18-29-30-19-23/h1,3-4,7,9-10,12-13,17-20H,2,5-6,8,11,14-16H2,(H,29,30)(H,31,32,36). The SMILES string of the molecule is O=C(Nc1nc(CCCC(=O)N2CCCCC2)cn1-c1ccccc1)c1cccc(-c2cn[nH]c2)c1. The number of likely N-dealkylation sites (tertiary alicyclic amines) is 1. The summed E-state index contributed by atoms with van der Waals surface area (Å²) in [5, 5.41) is 9.77. The molecule has 1 saturated heterocycles. The Kier molecular flexibility index (Phi) is 7.21. The van der Waals surface area contributed by atoms with E-state index in [0.717, 1.165) is 54.9 Å². The van der Waals surface area contributed by atoms with Crippen molar-refractivity contribution in [2.24, 2.45) is 0 Å². The number of carbonyl (C=O) groups is 2. The molecule has 1 aliphatic rings. The van der Waals surface area contributed by atoms with Crippen LogP contribution in [-0.4, -0.2) is 49.6 Å². The van der Waals surface area contributed by atoms with E-state index in [1.54, 1.807) is 18.5 Å². The fourth-order valence-corrected chi connectivity index (χ4v) is 4.57. The molecule has 36 heavy (non-hydrogen) atoms. The van der Waals surface area contributed by atoms with Gasteiger partial charge in [-0.1, -0.05) is 30.3 Å². The summed E-state index contributed by atoms with van der Waals surface area (Å²) >= 11 is 0. The lowest BCUT2D eigenvalue weighted by Gasteiger charge is -2.26. The largest absolute Gasteiger partial charge is 0.343 e. The Hall–Kier alpha value is -4.20. The maximum atomic E-state index is 13.2. The van der Waals surface area contributed by atoms with Gasteiger partial charge in [0.2, 0.25) is 11.9 Å². The van der Waals surface area contributed by atoms with Gasteiger partial charge in [-0.25, -0.2) is 4.98 Å². The number of benzene rings is 2. The number of H-pyrrole nitrogens is 1. The number of piperidine rings is 1. The first kappa shape index (κ1) is 23.5. The van der Waals surface area contributed by atoms with Crippen molar-refractivity contribution in [1.29, 1.82) is 0 Å². The van der Waals surface area contributed by atoms with Crippen LogP contribution in [0.2, 0.25) is 0 Å². The highest BCUT2D eigenvalue weighted by Gasteiger charge is 2.18. The summed E-state index contributed by atoms with van der Waals surface area (Å²) in [6.07, 6.45) is 10.8. The number of anilines is 1. The summed E-state index contributed by atoms with van der Waals surface area (Å²) in [5.41, 5.74) is 4.10. The second-order valence-electron chi connectivity index (χ2n) is 9.08. The maximum Gasteiger partial charge on any atom is 0.258 e. The van der Waals surface area contributed by atoms with Gasteiger partial charge in [0.15, 0.2) is 0 Å². The molecular weight excluding hydrogens is 452 g/mol. The van der Waals surface area contributed by atoms with Crippen LogP contribution in [0, 0.1) is 0 Å². The van der Waals surface area contributed by atoms with E-state index in [-0.39, 0.29) is 11.8 Å². The predicted octanol–water partition coefficient (Wildman–Crippen LogP) is 4.85. The third-order valence-electron chi connectivity index (χ3n) is 6.50. The first-order valence-electron chi connectivity index (χ1n) is 12.5. The number of carbonyl (C=O) groups excluding carboxylic acids is 2. The highest BCUT2D eigenvalue weighted by molar-refractivity contribution is 6.04. The maximum absolute atomic E-state index is 13.2. The number of aromatic nitrogens is 4. The van der Waals surface area contributed by atoms with Crippen molar-refractivity contribution in [2.75, 3.05) is 18.4 Å². The minimum atomic E-state index is -0.241. The smallest absolute Gasteiger partial charge is 0.258 e. The summed E-state index contributed by atoms with van der Waals surface area (Å²) in [4.78, 5) is 32.4. The molecule has 5 rings (SSSR count). The number of nitrogens with zero attached hydrogens (tertiary/aromatic N) is 4. The molecule has 3 heterocycles. The van der Waals surface area contributed by atoms with E-state index in [2.05, 4.69) is 15.5 Å². The quantitative estimate of drug-likeness (QED) is 0.375. The molecule has 2 aromatic carbocycles. The third-order valence-corrected chi connectivity index (χ3v) is 6.50. The van der Waals surface area contributed by atoms with Gasteiger partial charge in [0.05, 0.1) is 11.9 Å². The topological polar surface area (TPSA) is 95.9 Å². The van der Waals surface area contributed by atoms with Crippen molar-refractivity contribution in [2.45, 2.75) is 38.5 Å². The predicted molar refractivity (Wildman–Crippen MR) is 139 cm³/mol. The Labute approximate surface area is 210 Å². The van der Waals surface area contributed by atoms with Gasteiger partial charge in [0.1, 0.15) is 0 Å². The Balaban J connectivity index is 1.31. The van der Waals surface area contributed by atoms with Crippen LogP contribution in [-0.2, 0) is 11.2 Å². The molecule has 2 N–H and O–H groups in total. The van der Waals surface area contributed by atoms with E-state index in [4.69, 9.17) is 4.98 Å².